The van der Waals surface area contributed by atoms with Gasteiger partial charge in [0.1, 0.15) is 5.82 Å². The molecule has 1 fully saturated rings. The summed E-state index contributed by atoms with van der Waals surface area (Å²) in [5.41, 5.74) is 1.27. The zero-order chi connectivity index (χ0) is 18.5. The Bertz CT molecular complexity index is 778. The molecule has 1 aliphatic rings. The van der Waals surface area contributed by atoms with Crippen LogP contribution in [0.5, 0.6) is 0 Å². The number of benzene rings is 2. The minimum atomic E-state index is -0.477. The van der Waals surface area contributed by atoms with Crippen LogP contribution < -0.4 is 15.5 Å². The number of anilines is 1. The van der Waals surface area contributed by atoms with Gasteiger partial charge in [-0.1, -0.05) is 36.4 Å². The monoisotopic (exact) mass is 356 g/mol. The lowest BCUT2D eigenvalue weighted by Gasteiger charge is -2.24. The van der Waals surface area contributed by atoms with Crippen molar-refractivity contribution in [3.8, 4) is 0 Å². The van der Waals surface area contributed by atoms with Crippen LogP contribution in [-0.2, 0) is 9.59 Å². The highest BCUT2D eigenvalue weighted by Gasteiger charge is 2.34. The van der Waals surface area contributed by atoms with E-state index < -0.39 is 11.9 Å². The summed E-state index contributed by atoms with van der Waals surface area (Å²) in [5.74, 6) is -0.752. The first kappa shape index (κ1) is 18.1. The summed E-state index contributed by atoms with van der Waals surface area (Å²) in [6, 6.07) is 15.0. The number of nitrogens with one attached hydrogen (secondary N) is 3. The van der Waals surface area contributed by atoms with Crippen LogP contribution in [0.1, 0.15) is 24.4 Å². The maximum atomic E-state index is 13.3. The molecule has 0 saturated heterocycles. The third-order valence-electron chi connectivity index (χ3n) is 4.36. The third-order valence-corrected chi connectivity index (χ3v) is 4.36. The molecule has 2 amide bonds. The molecular weight excluding hydrogens is 333 g/mol. The van der Waals surface area contributed by atoms with E-state index in [9.17, 15) is 14.0 Å². The van der Waals surface area contributed by atoms with Gasteiger partial charge in [0, 0.05) is 17.3 Å². The van der Waals surface area contributed by atoms with Gasteiger partial charge in [-0.25, -0.2) is 4.39 Å². The molecule has 3 N–H and O–H groups in total. The number of quaternary nitrogens is 1. The minimum absolute atomic E-state index is 0.0743. The summed E-state index contributed by atoms with van der Waals surface area (Å²) in [4.78, 5) is 25.8. The van der Waals surface area contributed by atoms with Crippen LogP contribution in [0, 0.1) is 5.82 Å². The molecule has 1 saturated carbocycles. The van der Waals surface area contributed by atoms with Crippen molar-refractivity contribution in [2.24, 2.45) is 0 Å². The number of carbonyl (C=O) groups excluding carboxylic acids is 2. The standard InChI is InChI=1S/C20H22FN3O2/c1-24(13-18(25)22-17-9-5-8-15(21)12-17)19(14-6-3-2-4-7-14)20(26)23-16-10-11-16/h2-9,12,16,19H,10-11,13H2,1H3,(H,22,25)(H,23,26)/p+1/t19-/m0/s1. The Morgan fingerprint density at radius 2 is 1.88 bits per heavy atom. The van der Waals surface area contributed by atoms with Crippen LogP contribution in [0.15, 0.2) is 54.6 Å². The van der Waals surface area contributed by atoms with Gasteiger partial charge in [0.05, 0.1) is 7.05 Å². The molecular formula is C20H23FN3O2+. The topological polar surface area (TPSA) is 62.6 Å². The molecule has 3 rings (SSSR count). The van der Waals surface area contributed by atoms with Crippen LogP contribution in [0.4, 0.5) is 10.1 Å². The van der Waals surface area contributed by atoms with Crippen molar-refractivity contribution in [3.63, 3.8) is 0 Å². The molecule has 5 nitrogen and oxygen atoms in total. The van der Waals surface area contributed by atoms with Crippen LogP contribution in [0.2, 0.25) is 0 Å². The summed E-state index contributed by atoms with van der Waals surface area (Å²) in [7, 11) is 1.81. The van der Waals surface area contributed by atoms with Crippen molar-refractivity contribution < 1.29 is 18.9 Å². The molecule has 0 aromatic heterocycles. The highest BCUT2D eigenvalue weighted by molar-refractivity contribution is 5.91. The maximum absolute atomic E-state index is 13.3. The Labute approximate surface area is 152 Å². The summed E-state index contributed by atoms with van der Waals surface area (Å²) in [6.45, 7) is 0.0914. The van der Waals surface area contributed by atoms with Crippen molar-refractivity contribution in [2.45, 2.75) is 24.9 Å². The molecule has 0 aliphatic heterocycles. The van der Waals surface area contributed by atoms with Gasteiger partial charge < -0.3 is 15.5 Å². The van der Waals surface area contributed by atoms with E-state index in [4.69, 9.17) is 0 Å². The fourth-order valence-electron chi connectivity index (χ4n) is 2.94. The second-order valence-corrected chi connectivity index (χ2v) is 6.71. The van der Waals surface area contributed by atoms with Crippen LogP contribution >= 0.6 is 0 Å². The number of carbonyl (C=O) groups is 2. The van der Waals surface area contributed by atoms with E-state index in [1.165, 1.54) is 18.2 Å². The second-order valence-electron chi connectivity index (χ2n) is 6.71. The summed E-state index contributed by atoms with van der Waals surface area (Å²) in [5, 5.41) is 5.70. The first-order chi connectivity index (χ1) is 12.5. The number of amides is 2. The number of hydrogen-bond acceptors (Lipinski definition) is 2. The molecule has 1 aliphatic carbocycles. The van der Waals surface area contributed by atoms with Crippen LogP contribution in [-0.4, -0.2) is 31.4 Å². The molecule has 2 aromatic rings. The van der Waals surface area contributed by atoms with Crippen molar-refractivity contribution in [1.29, 1.82) is 0 Å². The van der Waals surface area contributed by atoms with Gasteiger partial charge in [0.25, 0.3) is 11.8 Å². The third kappa shape index (κ3) is 4.89. The van der Waals surface area contributed by atoms with Crippen molar-refractivity contribution in [3.05, 3.63) is 66.0 Å². The summed E-state index contributed by atoms with van der Waals surface area (Å²) >= 11 is 0. The zero-order valence-electron chi connectivity index (χ0n) is 14.7. The van der Waals surface area contributed by atoms with E-state index in [-0.39, 0.29) is 24.4 Å². The van der Waals surface area contributed by atoms with E-state index in [2.05, 4.69) is 10.6 Å². The molecule has 0 bridgehead atoms. The van der Waals surface area contributed by atoms with Gasteiger partial charge in [-0.05, 0) is 31.0 Å². The van der Waals surface area contributed by atoms with Gasteiger partial charge >= 0.3 is 0 Å². The lowest BCUT2D eigenvalue weighted by atomic mass is 10.0. The first-order valence-corrected chi connectivity index (χ1v) is 8.76. The van der Waals surface area contributed by atoms with E-state index >= 15 is 0 Å². The Hall–Kier alpha value is -2.73. The van der Waals surface area contributed by atoms with Crippen molar-refractivity contribution >= 4 is 17.5 Å². The van der Waals surface area contributed by atoms with Crippen LogP contribution in [0.25, 0.3) is 0 Å². The number of halogens is 1. The molecule has 1 unspecified atom stereocenters. The Balaban J connectivity index is 1.69. The number of likely N-dealkylation sites (N-methyl/N-ethyl adjacent to an activating group) is 1. The SMILES string of the molecule is C[NH+](CC(=O)Nc1cccc(F)c1)[C@H](C(=O)NC1CC1)c1ccccc1. The quantitative estimate of drug-likeness (QED) is 0.700. The molecule has 2 aromatic carbocycles. The smallest absolute Gasteiger partial charge is 0.283 e. The summed E-state index contributed by atoms with van der Waals surface area (Å²) in [6.07, 6.45) is 2.01. The lowest BCUT2D eigenvalue weighted by Crippen LogP contribution is -3.11. The first-order valence-electron chi connectivity index (χ1n) is 8.76. The molecule has 0 radical (unpaired) electrons. The zero-order valence-corrected chi connectivity index (χ0v) is 14.7. The largest absolute Gasteiger partial charge is 0.348 e. The van der Waals surface area contributed by atoms with E-state index in [0.29, 0.717) is 5.69 Å². The molecule has 2 atom stereocenters. The van der Waals surface area contributed by atoms with Crippen molar-refractivity contribution in [1.82, 2.24) is 5.32 Å². The average molecular weight is 356 g/mol. The highest BCUT2D eigenvalue weighted by Crippen LogP contribution is 2.20. The second kappa shape index (κ2) is 8.10. The Morgan fingerprint density at radius 3 is 2.54 bits per heavy atom. The fourth-order valence-corrected chi connectivity index (χ4v) is 2.94. The van der Waals surface area contributed by atoms with Gasteiger partial charge in [-0.15, -0.1) is 0 Å². The Morgan fingerprint density at radius 1 is 1.15 bits per heavy atom. The predicted molar refractivity (Wildman–Crippen MR) is 97.1 cm³/mol. The van der Waals surface area contributed by atoms with E-state index in [0.717, 1.165) is 23.3 Å². The molecule has 0 spiro atoms. The lowest BCUT2D eigenvalue weighted by molar-refractivity contribution is -0.894. The molecule has 26 heavy (non-hydrogen) atoms. The Kier molecular flexibility index (Phi) is 5.63. The van der Waals surface area contributed by atoms with Crippen LogP contribution in [0.3, 0.4) is 0 Å². The average Bonchev–Trinajstić information content (AvgIpc) is 3.39. The van der Waals surface area contributed by atoms with Gasteiger partial charge in [-0.2, -0.15) is 0 Å². The normalized spacial score (nSPS) is 15.8. The highest BCUT2D eigenvalue weighted by atomic mass is 19.1. The molecule has 0 heterocycles. The van der Waals surface area contributed by atoms with E-state index in [1.54, 1.807) is 6.07 Å². The summed E-state index contributed by atoms with van der Waals surface area (Å²) < 4.78 is 13.3. The maximum Gasteiger partial charge on any atom is 0.283 e. The fraction of sp³-hybridized carbons (Fsp3) is 0.300. The van der Waals surface area contributed by atoms with Crippen molar-refractivity contribution in [2.75, 3.05) is 18.9 Å². The number of rotatable bonds is 7. The van der Waals surface area contributed by atoms with Gasteiger partial charge in [0.15, 0.2) is 12.6 Å². The number of hydrogen-bond donors (Lipinski definition) is 3. The minimum Gasteiger partial charge on any atom is -0.348 e. The predicted octanol–water partition coefficient (Wildman–Crippen LogP) is 1.30. The molecule has 136 valence electrons. The van der Waals surface area contributed by atoms with Gasteiger partial charge in [0.2, 0.25) is 0 Å². The van der Waals surface area contributed by atoms with E-state index in [1.807, 2.05) is 37.4 Å². The van der Waals surface area contributed by atoms with Gasteiger partial charge in [-0.3, -0.25) is 9.59 Å². The molecule has 6 heteroatoms.